The third-order valence-corrected chi connectivity index (χ3v) is 2.44. The molecule has 0 fully saturated rings. The van der Waals surface area contributed by atoms with Crippen LogP contribution in [0.3, 0.4) is 0 Å². The number of hydrazone groups is 1. The van der Waals surface area contributed by atoms with Crippen molar-refractivity contribution >= 4 is 35.2 Å². The molecule has 0 spiro atoms. The van der Waals surface area contributed by atoms with Crippen molar-refractivity contribution in [2.24, 2.45) is 5.10 Å². The van der Waals surface area contributed by atoms with Crippen molar-refractivity contribution in [3.05, 3.63) is 58.2 Å². The fraction of sp³-hybridized carbons (Fsp3) is 0. The molecule has 86 valence electrons. The highest BCUT2D eigenvalue weighted by Crippen LogP contribution is 2.10. The maximum atomic E-state index is 5.77. The van der Waals surface area contributed by atoms with Gasteiger partial charge in [0.2, 0.25) is 0 Å². The average molecular weight is 266 g/mol. The highest BCUT2D eigenvalue weighted by atomic mass is 35.5. The number of nitrogens with one attached hydrogen (secondary N) is 1. The standard InChI is InChI=1S/C12H9Cl2N3/c13-10-6-4-9(5-7-10)8-15-17-12-3-1-2-11(14)16-12/h1-8H,(H,16,17)/b15-8+. The maximum Gasteiger partial charge on any atom is 0.147 e. The lowest BCUT2D eigenvalue weighted by Gasteiger charge is -1.98. The van der Waals surface area contributed by atoms with Gasteiger partial charge in [-0.1, -0.05) is 41.4 Å². The second-order valence-electron chi connectivity index (χ2n) is 3.27. The molecule has 1 aromatic heterocycles. The lowest BCUT2D eigenvalue weighted by atomic mass is 10.2. The van der Waals surface area contributed by atoms with Gasteiger partial charge in [0.15, 0.2) is 0 Å². The van der Waals surface area contributed by atoms with Crippen LogP contribution in [0.2, 0.25) is 10.2 Å². The van der Waals surface area contributed by atoms with Gasteiger partial charge in [-0.3, -0.25) is 5.43 Å². The Hall–Kier alpha value is -1.58. The van der Waals surface area contributed by atoms with Crippen LogP contribution in [0.1, 0.15) is 5.56 Å². The summed E-state index contributed by atoms with van der Waals surface area (Å²) < 4.78 is 0. The highest BCUT2D eigenvalue weighted by Gasteiger charge is 1.92. The zero-order chi connectivity index (χ0) is 12.1. The molecule has 0 saturated heterocycles. The second kappa shape index (κ2) is 5.66. The van der Waals surface area contributed by atoms with Crippen LogP contribution in [0.4, 0.5) is 5.82 Å². The molecule has 2 aromatic rings. The number of hydrogen-bond acceptors (Lipinski definition) is 3. The van der Waals surface area contributed by atoms with E-state index in [9.17, 15) is 0 Å². The molecule has 0 aliphatic carbocycles. The van der Waals surface area contributed by atoms with Gasteiger partial charge < -0.3 is 0 Å². The summed E-state index contributed by atoms with van der Waals surface area (Å²) in [5.74, 6) is 0.600. The first-order valence-electron chi connectivity index (χ1n) is 4.91. The third kappa shape index (κ3) is 3.73. The lowest BCUT2D eigenvalue weighted by molar-refractivity contribution is 1.23. The van der Waals surface area contributed by atoms with E-state index in [1.54, 1.807) is 36.5 Å². The Kier molecular flexibility index (Phi) is 3.96. The molecule has 5 heteroatoms. The molecule has 0 aliphatic rings. The van der Waals surface area contributed by atoms with Crippen LogP contribution >= 0.6 is 23.2 Å². The Morgan fingerprint density at radius 3 is 2.53 bits per heavy atom. The van der Waals surface area contributed by atoms with Crippen molar-refractivity contribution in [3.8, 4) is 0 Å². The van der Waals surface area contributed by atoms with Gasteiger partial charge in [-0.25, -0.2) is 4.98 Å². The zero-order valence-electron chi connectivity index (χ0n) is 8.77. The molecule has 0 atom stereocenters. The summed E-state index contributed by atoms with van der Waals surface area (Å²) in [6.45, 7) is 0. The zero-order valence-corrected chi connectivity index (χ0v) is 10.3. The predicted molar refractivity (Wildman–Crippen MR) is 71.9 cm³/mol. The molecule has 0 bridgehead atoms. The molecule has 17 heavy (non-hydrogen) atoms. The highest BCUT2D eigenvalue weighted by molar-refractivity contribution is 6.30. The van der Waals surface area contributed by atoms with Gasteiger partial charge in [0.25, 0.3) is 0 Å². The van der Waals surface area contributed by atoms with Crippen molar-refractivity contribution < 1.29 is 0 Å². The molecule has 3 nitrogen and oxygen atoms in total. The Balaban J connectivity index is 2.00. The van der Waals surface area contributed by atoms with E-state index in [0.29, 0.717) is 16.0 Å². The first-order chi connectivity index (χ1) is 8.24. The average Bonchev–Trinajstić information content (AvgIpc) is 2.32. The number of rotatable bonds is 3. The molecule has 0 unspecified atom stereocenters. The second-order valence-corrected chi connectivity index (χ2v) is 4.09. The smallest absolute Gasteiger partial charge is 0.147 e. The SMILES string of the molecule is Clc1ccc(/C=N/Nc2cccc(Cl)n2)cc1. The predicted octanol–water partition coefficient (Wildman–Crippen LogP) is 3.83. The van der Waals surface area contributed by atoms with Crippen LogP contribution in [0.5, 0.6) is 0 Å². The first kappa shape index (κ1) is 11.9. The molecule has 0 saturated carbocycles. The Morgan fingerprint density at radius 2 is 1.82 bits per heavy atom. The summed E-state index contributed by atoms with van der Waals surface area (Å²) in [7, 11) is 0. The van der Waals surface area contributed by atoms with Crippen molar-refractivity contribution in [2.45, 2.75) is 0 Å². The number of halogens is 2. The molecule has 0 aliphatic heterocycles. The Bertz CT molecular complexity index is 524. The number of nitrogens with zero attached hydrogens (tertiary/aromatic N) is 2. The molecule has 1 heterocycles. The summed E-state index contributed by atoms with van der Waals surface area (Å²) in [5, 5.41) is 5.17. The minimum atomic E-state index is 0.427. The number of hydrogen-bond donors (Lipinski definition) is 1. The molecular formula is C12H9Cl2N3. The molecular weight excluding hydrogens is 257 g/mol. The van der Waals surface area contributed by atoms with Crippen LogP contribution in [0, 0.1) is 0 Å². The van der Waals surface area contributed by atoms with E-state index >= 15 is 0 Å². The topological polar surface area (TPSA) is 37.3 Å². The minimum absolute atomic E-state index is 0.427. The molecule has 0 radical (unpaired) electrons. The van der Waals surface area contributed by atoms with Crippen molar-refractivity contribution in [1.82, 2.24) is 4.98 Å². The summed E-state index contributed by atoms with van der Waals surface area (Å²) in [6.07, 6.45) is 1.68. The van der Waals surface area contributed by atoms with E-state index in [-0.39, 0.29) is 0 Å². The number of anilines is 1. The number of pyridine rings is 1. The Morgan fingerprint density at radius 1 is 1.06 bits per heavy atom. The molecule has 1 aromatic carbocycles. The van der Waals surface area contributed by atoms with Crippen molar-refractivity contribution in [2.75, 3.05) is 5.43 Å². The monoisotopic (exact) mass is 265 g/mol. The molecule has 0 amide bonds. The Labute approximate surface area is 109 Å². The maximum absolute atomic E-state index is 5.77. The third-order valence-electron chi connectivity index (χ3n) is 1.98. The van der Waals surface area contributed by atoms with Crippen LogP contribution in [-0.4, -0.2) is 11.2 Å². The molecule has 1 N–H and O–H groups in total. The lowest BCUT2D eigenvalue weighted by Crippen LogP contribution is -1.93. The fourth-order valence-electron chi connectivity index (χ4n) is 1.19. The summed E-state index contributed by atoms with van der Waals surface area (Å²) >= 11 is 11.5. The largest absolute Gasteiger partial charge is 0.261 e. The van der Waals surface area contributed by atoms with Crippen molar-refractivity contribution in [3.63, 3.8) is 0 Å². The normalized spacial score (nSPS) is 10.7. The first-order valence-corrected chi connectivity index (χ1v) is 5.67. The van der Waals surface area contributed by atoms with Gasteiger partial charge in [0.05, 0.1) is 6.21 Å². The quantitative estimate of drug-likeness (QED) is 0.520. The summed E-state index contributed by atoms with van der Waals surface area (Å²) in [5.41, 5.74) is 3.74. The van der Waals surface area contributed by atoms with Gasteiger partial charge in [-0.05, 0) is 29.8 Å². The summed E-state index contributed by atoms with van der Waals surface area (Å²) in [6, 6.07) is 12.6. The van der Waals surface area contributed by atoms with Crippen LogP contribution in [-0.2, 0) is 0 Å². The molecule has 2 rings (SSSR count). The fourth-order valence-corrected chi connectivity index (χ4v) is 1.48. The van der Waals surface area contributed by atoms with E-state index < -0.39 is 0 Å². The van der Waals surface area contributed by atoms with Crippen LogP contribution in [0.25, 0.3) is 0 Å². The van der Waals surface area contributed by atoms with Gasteiger partial charge in [0, 0.05) is 5.02 Å². The van der Waals surface area contributed by atoms with Gasteiger partial charge in [0.1, 0.15) is 11.0 Å². The van der Waals surface area contributed by atoms with Gasteiger partial charge in [-0.2, -0.15) is 5.10 Å². The minimum Gasteiger partial charge on any atom is -0.261 e. The van der Waals surface area contributed by atoms with E-state index in [2.05, 4.69) is 15.5 Å². The van der Waals surface area contributed by atoms with Crippen LogP contribution < -0.4 is 5.43 Å². The van der Waals surface area contributed by atoms with E-state index in [0.717, 1.165) is 5.56 Å². The van der Waals surface area contributed by atoms with Gasteiger partial charge in [-0.15, -0.1) is 0 Å². The van der Waals surface area contributed by atoms with E-state index in [1.165, 1.54) is 0 Å². The van der Waals surface area contributed by atoms with E-state index in [1.807, 2.05) is 12.1 Å². The van der Waals surface area contributed by atoms with Crippen LogP contribution in [0.15, 0.2) is 47.6 Å². The number of benzene rings is 1. The summed E-state index contributed by atoms with van der Waals surface area (Å²) in [4.78, 5) is 4.04. The van der Waals surface area contributed by atoms with Crippen molar-refractivity contribution in [1.29, 1.82) is 0 Å². The van der Waals surface area contributed by atoms with Gasteiger partial charge >= 0.3 is 0 Å². The number of aromatic nitrogens is 1. The van der Waals surface area contributed by atoms with E-state index in [4.69, 9.17) is 23.2 Å².